The van der Waals surface area contributed by atoms with Crippen molar-refractivity contribution in [1.82, 2.24) is 10.2 Å². The van der Waals surface area contributed by atoms with Crippen LogP contribution in [-0.2, 0) is 0 Å². The van der Waals surface area contributed by atoms with Gasteiger partial charge in [-0.3, -0.25) is 4.79 Å². The van der Waals surface area contributed by atoms with Gasteiger partial charge < -0.3 is 4.84 Å². The van der Waals surface area contributed by atoms with Crippen molar-refractivity contribution >= 4 is 0 Å². The second kappa shape index (κ2) is 6.79. The highest BCUT2D eigenvalue weighted by Crippen LogP contribution is 2.38. The molecule has 1 aliphatic heterocycles. The predicted molar refractivity (Wildman–Crippen MR) is 92.3 cm³/mol. The molecule has 1 aromatic carbocycles. The van der Waals surface area contributed by atoms with E-state index in [9.17, 15) is 13.6 Å². The van der Waals surface area contributed by atoms with Gasteiger partial charge in [0.1, 0.15) is 19.1 Å². The highest BCUT2D eigenvalue weighted by Gasteiger charge is 2.46. The Morgan fingerprint density at radius 3 is 2.27 bits per heavy atom. The van der Waals surface area contributed by atoms with Crippen molar-refractivity contribution in [1.29, 1.82) is 0 Å². The van der Waals surface area contributed by atoms with Gasteiger partial charge in [-0.2, -0.15) is 5.10 Å². The van der Waals surface area contributed by atoms with E-state index in [1.807, 2.05) is 0 Å². The molecular weight excluding hydrogens is 340 g/mol. The fraction of sp³-hybridized carbons (Fsp3) is 0.474. The third kappa shape index (κ3) is 3.11. The molecule has 4 rings (SSSR count). The Morgan fingerprint density at radius 1 is 1.04 bits per heavy atom. The van der Waals surface area contributed by atoms with E-state index in [2.05, 4.69) is 10.2 Å². The summed E-state index contributed by atoms with van der Waals surface area (Å²) in [4.78, 5) is 17.1. The van der Waals surface area contributed by atoms with Gasteiger partial charge in [-0.1, -0.05) is 0 Å². The van der Waals surface area contributed by atoms with Crippen molar-refractivity contribution in [2.75, 3.05) is 13.1 Å². The number of halogens is 2. The summed E-state index contributed by atoms with van der Waals surface area (Å²) in [6.07, 6.45) is 6.40. The number of quaternary nitrogens is 1. The van der Waals surface area contributed by atoms with E-state index >= 15 is 0 Å². The summed E-state index contributed by atoms with van der Waals surface area (Å²) in [5.74, 6) is -1.79. The minimum absolute atomic E-state index is 0.262. The van der Waals surface area contributed by atoms with Crippen molar-refractivity contribution in [2.45, 2.75) is 44.6 Å². The molecule has 0 bridgehead atoms. The Hall–Kier alpha value is -2.28. The number of aromatic nitrogens is 2. The number of nitrogens with zero attached hydrogens (tertiary/aromatic N) is 2. The van der Waals surface area contributed by atoms with Crippen LogP contribution in [0, 0.1) is 11.6 Å². The van der Waals surface area contributed by atoms with Crippen LogP contribution in [0.1, 0.15) is 38.5 Å². The van der Waals surface area contributed by atoms with E-state index in [1.165, 1.54) is 24.3 Å². The zero-order valence-corrected chi connectivity index (χ0v) is 14.5. The molecule has 138 valence electrons. The first-order chi connectivity index (χ1) is 12.6. The normalized spacial score (nSPS) is 19.8. The SMILES string of the molecule is O=c1ccc(-c2cc(F)c(O[N+]3(C4CCC4)CCCCC3)c(F)c2)n[nH]1. The lowest BCUT2D eigenvalue weighted by atomic mass is 9.89. The largest absolute Gasteiger partial charge is 0.309 e. The van der Waals surface area contributed by atoms with Crippen LogP contribution in [0.4, 0.5) is 8.78 Å². The van der Waals surface area contributed by atoms with Gasteiger partial charge in [0.05, 0.1) is 5.69 Å². The molecule has 0 radical (unpaired) electrons. The molecule has 1 aliphatic carbocycles. The summed E-state index contributed by atoms with van der Waals surface area (Å²) < 4.78 is 29.8. The third-order valence-electron chi connectivity index (χ3n) is 5.56. The summed E-state index contributed by atoms with van der Waals surface area (Å²) in [7, 11) is 0. The Bertz CT molecular complexity index is 815. The molecule has 1 saturated carbocycles. The average molecular weight is 362 g/mol. The second-order valence-electron chi connectivity index (χ2n) is 7.21. The molecule has 1 aromatic heterocycles. The zero-order chi connectivity index (χ0) is 18.1. The molecule has 2 fully saturated rings. The van der Waals surface area contributed by atoms with Crippen LogP contribution in [0.2, 0.25) is 0 Å². The van der Waals surface area contributed by atoms with Crippen LogP contribution >= 0.6 is 0 Å². The van der Waals surface area contributed by atoms with Gasteiger partial charge in [0.2, 0.25) is 0 Å². The number of nitrogens with one attached hydrogen (secondary N) is 1. The number of likely N-dealkylation sites (tertiary alicyclic amines) is 1. The van der Waals surface area contributed by atoms with Crippen molar-refractivity contribution in [2.24, 2.45) is 0 Å². The fourth-order valence-electron chi connectivity index (χ4n) is 3.92. The number of benzene rings is 1. The van der Waals surface area contributed by atoms with E-state index in [-0.39, 0.29) is 16.9 Å². The van der Waals surface area contributed by atoms with Crippen molar-refractivity contribution in [3.8, 4) is 17.0 Å². The molecule has 2 aromatic rings. The molecule has 7 heteroatoms. The van der Waals surface area contributed by atoms with Gasteiger partial charge in [0.25, 0.3) is 11.3 Å². The molecule has 1 N–H and O–H groups in total. The lowest BCUT2D eigenvalue weighted by molar-refractivity contribution is -1.10. The fourth-order valence-corrected chi connectivity index (χ4v) is 3.92. The van der Waals surface area contributed by atoms with Gasteiger partial charge in [-0.15, -0.1) is 4.65 Å². The van der Waals surface area contributed by atoms with E-state index < -0.39 is 11.6 Å². The highest BCUT2D eigenvalue weighted by molar-refractivity contribution is 5.60. The van der Waals surface area contributed by atoms with Gasteiger partial charge in [-0.25, -0.2) is 13.9 Å². The molecule has 0 spiro atoms. The Labute approximate surface area is 150 Å². The van der Waals surface area contributed by atoms with Crippen LogP contribution in [0.25, 0.3) is 11.3 Å². The molecule has 5 nitrogen and oxygen atoms in total. The van der Waals surface area contributed by atoms with Gasteiger partial charge in [-0.05, 0) is 31.0 Å². The van der Waals surface area contributed by atoms with Crippen LogP contribution in [0.5, 0.6) is 5.75 Å². The first-order valence-corrected chi connectivity index (χ1v) is 9.19. The van der Waals surface area contributed by atoms with Gasteiger partial charge in [0.15, 0.2) is 11.6 Å². The van der Waals surface area contributed by atoms with Crippen molar-refractivity contribution in [3.05, 3.63) is 46.3 Å². The van der Waals surface area contributed by atoms with Crippen LogP contribution < -0.4 is 10.4 Å². The number of aromatic amines is 1. The Balaban J connectivity index is 1.66. The Kier molecular flexibility index (Phi) is 4.48. The maximum absolute atomic E-state index is 14.7. The molecule has 26 heavy (non-hydrogen) atoms. The van der Waals surface area contributed by atoms with Crippen LogP contribution in [0.3, 0.4) is 0 Å². The lowest BCUT2D eigenvalue weighted by Gasteiger charge is -2.47. The molecule has 1 saturated heterocycles. The quantitative estimate of drug-likeness (QED) is 0.846. The topological polar surface area (TPSA) is 55.0 Å². The second-order valence-corrected chi connectivity index (χ2v) is 7.21. The summed E-state index contributed by atoms with van der Waals surface area (Å²) in [6.45, 7) is 1.60. The monoisotopic (exact) mass is 362 g/mol. The number of hydrogen-bond acceptors (Lipinski definition) is 3. The maximum Gasteiger partial charge on any atom is 0.264 e. The summed E-state index contributed by atoms with van der Waals surface area (Å²) in [5.41, 5.74) is 0.193. The minimum Gasteiger partial charge on any atom is -0.309 e. The lowest BCUT2D eigenvalue weighted by Crippen LogP contribution is -2.62. The molecular formula is C19H22F2N3O2+. The van der Waals surface area contributed by atoms with Crippen LogP contribution in [-0.4, -0.2) is 34.0 Å². The molecule has 0 unspecified atom stereocenters. The number of rotatable bonds is 4. The van der Waals surface area contributed by atoms with E-state index in [1.54, 1.807) is 0 Å². The summed E-state index contributed by atoms with van der Waals surface area (Å²) in [5, 5.41) is 6.09. The van der Waals surface area contributed by atoms with E-state index in [0.717, 1.165) is 51.6 Å². The smallest absolute Gasteiger partial charge is 0.264 e. The van der Waals surface area contributed by atoms with E-state index in [4.69, 9.17) is 4.84 Å². The summed E-state index contributed by atoms with van der Waals surface area (Å²) in [6, 6.07) is 5.45. The van der Waals surface area contributed by atoms with Gasteiger partial charge >= 0.3 is 0 Å². The molecule has 2 aliphatic rings. The zero-order valence-electron chi connectivity index (χ0n) is 14.5. The molecule has 2 heterocycles. The third-order valence-corrected chi connectivity index (χ3v) is 5.56. The number of hydrogen-bond donors (Lipinski definition) is 1. The summed E-state index contributed by atoms with van der Waals surface area (Å²) >= 11 is 0. The molecule has 0 atom stereocenters. The number of piperidine rings is 1. The first kappa shape index (κ1) is 17.1. The van der Waals surface area contributed by atoms with E-state index in [0.29, 0.717) is 16.4 Å². The first-order valence-electron chi connectivity index (χ1n) is 9.19. The van der Waals surface area contributed by atoms with Gasteiger partial charge in [0, 0.05) is 37.3 Å². The standard InChI is InChI=1S/C19H21F2N3O2/c20-15-11-13(17-7-8-18(25)23-22-17)12-16(21)19(15)26-24(14-5-4-6-14)9-2-1-3-10-24/h7-8,11-12,14H,1-6,9-10H2/p+1. The molecule has 0 amide bonds. The Morgan fingerprint density at radius 2 is 1.73 bits per heavy atom. The number of H-pyrrole nitrogens is 1. The van der Waals surface area contributed by atoms with Crippen LogP contribution in [0.15, 0.2) is 29.1 Å². The predicted octanol–water partition coefficient (Wildman–Crippen LogP) is 3.56. The van der Waals surface area contributed by atoms with Crippen molar-refractivity contribution < 1.29 is 18.3 Å². The maximum atomic E-state index is 14.7. The number of hydroxylamine groups is 3. The average Bonchev–Trinajstić information content (AvgIpc) is 2.58. The highest BCUT2D eigenvalue weighted by atomic mass is 19.1. The van der Waals surface area contributed by atoms with Crippen molar-refractivity contribution in [3.63, 3.8) is 0 Å². The minimum atomic E-state index is -0.740.